The molecule has 0 saturated heterocycles. The fourth-order valence-electron chi connectivity index (χ4n) is 3.88. The Kier molecular flexibility index (Phi) is 5.92. The first-order valence-corrected chi connectivity index (χ1v) is 10.9. The number of aromatic amines is 1. The van der Waals surface area contributed by atoms with Gasteiger partial charge in [-0.05, 0) is 53.6 Å². The molecule has 2 unspecified atom stereocenters. The summed E-state index contributed by atoms with van der Waals surface area (Å²) >= 11 is 1.85. The number of hydrogen-bond acceptors (Lipinski definition) is 4. The van der Waals surface area contributed by atoms with Crippen molar-refractivity contribution in [3.8, 4) is 5.75 Å². The van der Waals surface area contributed by atoms with Crippen molar-refractivity contribution in [2.45, 2.75) is 24.1 Å². The molecule has 0 bridgehead atoms. The number of aromatic carboxylic acids is 1. The second-order valence-electron chi connectivity index (χ2n) is 7.28. The largest absolute Gasteiger partial charge is 0.508 e. The fourth-order valence-corrected chi connectivity index (χ4v) is 4.90. The van der Waals surface area contributed by atoms with Crippen LogP contribution in [0.1, 0.15) is 33.8 Å². The van der Waals surface area contributed by atoms with Crippen LogP contribution in [0.15, 0.2) is 60.8 Å². The van der Waals surface area contributed by atoms with Crippen molar-refractivity contribution in [2.24, 2.45) is 0 Å². The van der Waals surface area contributed by atoms with Crippen LogP contribution in [0.25, 0.3) is 10.9 Å². The molecule has 29 heavy (non-hydrogen) atoms. The number of fused-ring (bicyclic) bond motifs is 1. The minimum Gasteiger partial charge on any atom is -0.508 e. The average Bonchev–Trinajstić information content (AvgIpc) is 3.14. The molecule has 2 aromatic carbocycles. The average molecular weight is 409 g/mol. The van der Waals surface area contributed by atoms with Crippen LogP contribution in [0.5, 0.6) is 5.75 Å². The predicted octanol–water partition coefficient (Wildman–Crippen LogP) is 4.51. The van der Waals surface area contributed by atoms with Crippen molar-refractivity contribution in [3.05, 3.63) is 77.5 Å². The van der Waals surface area contributed by atoms with Crippen LogP contribution >= 0.6 is 11.8 Å². The molecular formula is C23H24N2O3S. The number of aromatic hydroxyl groups is 1. The number of carbonyl (C=O) groups is 1. The third-order valence-electron chi connectivity index (χ3n) is 5.38. The zero-order valence-electron chi connectivity index (χ0n) is 16.0. The Morgan fingerprint density at radius 2 is 2.10 bits per heavy atom. The van der Waals surface area contributed by atoms with Gasteiger partial charge in [-0.1, -0.05) is 24.3 Å². The Morgan fingerprint density at radius 3 is 2.93 bits per heavy atom. The highest BCUT2D eigenvalue weighted by Crippen LogP contribution is 2.30. The Balaban J connectivity index is 1.37. The maximum Gasteiger partial charge on any atom is 0.335 e. The minimum atomic E-state index is -0.902. The van der Waals surface area contributed by atoms with Crippen molar-refractivity contribution < 1.29 is 15.0 Å². The van der Waals surface area contributed by atoms with E-state index >= 15 is 0 Å². The number of rotatable bonds is 7. The second-order valence-corrected chi connectivity index (χ2v) is 8.39. The molecule has 1 aromatic heterocycles. The summed E-state index contributed by atoms with van der Waals surface area (Å²) in [7, 11) is 0. The van der Waals surface area contributed by atoms with Crippen LogP contribution in [0.2, 0.25) is 0 Å². The summed E-state index contributed by atoms with van der Waals surface area (Å²) in [6.45, 7) is 0.866. The van der Waals surface area contributed by atoms with Gasteiger partial charge >= 0.3 is 5.97 Å². The highest BCUT2D eigenvalue weighted by Gasteiger charge is 2.22. The molecule has 0 saturated carbocycles. The van der Waals surface area contributed by atoms with E-state index < -0.39 is 5.97 Å². The van der Waals surface area contributed by atoms with E-state index in [0.29, 0.717) is 17.4 Å². The molecule has 0 radical (unpaired) electrons. The number of aromatic nitrogens is 1. The number of nitrogens with one attached hydrogen (secondary N) is 2. The van der Waals surface area contributed by atoms with Gasteiger partial charge in [-0.3, -0.25) is 0 Å². The Morgan fingerprint density at radius 1 is 1.21 bits per heavy atom. The minimum absolute atomic E-state index is 0.252. The van der Waals surface area contributed by atoms with Crippen molar-refractivity contribution in [2.75, 3.05) is 12.3 Å². The van der Waals surface area contributed by atoms with Gasteiger partial charge in [0, 0.05) is 41.4 Å². The monoisotopic (exact) mass is 408 g/mol. The van der Waals surface area contributed by atoms with Gasteiger partial charge < -0.3 is 20.5 Å². The lowest BCUT2D eigenvalue weighted by Crippen LogP contribution is -2.37. The van der Waals surface area contributed by atoms with Gasteiger partial charge in [0.25, 0.3) is 0 Å². The Hall–Kier alpha value is -2.70. The lowest BCUT2D eigenvalue weighted by atomic mass is 9.87. The van der Waals surface area contributed by atoms with Crippen LogP contribution in [0, 0.1) is 0 Å². The van der Waals surface area contributed by atoms with Crippen LogP contribution in [-0.4, -0.2) is 39.5 Å². The van der Waals surface area contributed by atoms with Crippen molar-refractivity contribution >= 4 is 28.6 Å². The number of carboxylic acid groups (broad SMARTS) is 1. The summed E-state index contributed by atoms with van der Waals surface area (Å²) in [5, 5.41) is 23.6. The summed E-state index contributed by atoms with van der Waals surface area (Å²) in [6.07, 6.45) is 7.36. The maximum absolute atomic E-state index is 11.2. The molecule has 0 amide bonds. The van der Waals surface area contributed by atoms with Crippen LogP contribution in [0.4, 0.5) is 0 Å². The van der Waals surface area contributed by atoms with E-state index in [0.717, 1.165) is 46.5 Å². The molecule has 150 valence electrons. The van der Waals surface area contributed by atoms with E-state index in [-0.39, 0.29) is 5.92 Å². The number of phenolic OH excluding ortho intramolecular Hbond substituents is 1. The summed E-state index contributed by atoms with van der Waals surface area (Å²) in [6, 6.07) is 13.0. The van der Waals surface area contributed by atoms with Crippen LogP contribution < -0.4 is 5.32 Å². The van der Waals surface area contributed by atoms with E-state index in [9.17, 15) is 15.0 Å². The number of phenols is 1. The topological polar surface area (TPSA) is 85.3 Å². The van der Waals surface area contributed by atoms with Crippen molar-refractivity contribution in [1.29, 1.82) is 0 Å². The zero-order valence-corrected chi connectivity index (χ0v) is 16.8. The molecule has 2 atom stereocenters. The zero-order chi connectivity index (χ0) is 20.2. The SMILES string of the molecule is O=C(O)c1ccc2[nH]cc(CSCCC3NCC=CC3c3cccc(O)c3)c2c1. The highest BCUT2D eigenvalue weighted by molar-refractivity contribution is 7.98. The van der Waals surface area contributed by atoms with Gasteiger partial charge in [0.15, 0.2) is 0 Å². The van der Waals surface area contributed by atoms with E-state index in [4.69, 9.17) is 0 Å². The molecule has 0 spiro atoms. The quantitative estimate of drug-likeness (QED) is 0.341. The van der Waals surface area contributed by atoms with E-state index in [1.54, 1.807) is 18.2 Å². The number of H-pyrrole nitrogens is 1. The smallest absolute Gasteiger partial charge is 0.335 e. The number of thioether (sulfide) groups is 1. The van der Waals surface area contributed by atoms with Gasteiger partial charge in [-0.2, -0.15) is 11.8 Å². The molecule has 1 aliphatic heterocycles. The summed E-state index contributed by atoms with van der Waals surface area (Å²) in [5.74, 6) is 1.48. The molecule has 0 fully saturated rings. The number of benzene rings is 2. The van der Waals surface area contributed by atoms with Crippen molar-refractivity contribution in [1.82, 2.24) is 10.3 Å². The fraction of sp³-hybridized carbons (Fsp3) is 0.261. The molecule has 4 N–H and O–H groups in total. The normalized spacial score (nSPS) is 18.9. The molecule has 4 rings (SSSR count). The summed E-state index contributed by atoms with van der Waals surface area (Å²) < 4.78 is 0. The molecule has 2 heterocycles. The summed E-state index contributed by atoms with van der Waals surface area (Å²) in [4.78, 5) is 14.5. The molecular weight excluding hydrogens is 384 g/mol. The number of hydrogen-bond donors (Lipinski definition) is 4. The van der Waals surface area contributed by atoms with Gasteiger partial charge in [0.2, 0.25) is 0 Å². The molecule has 6 heteroatoms. The van der Waals surface area contributed by atoms with Crippen LogP contribution in [-0.2, 0) is 5.75 Å². The predicted molar refractivity (Wildman–Crippen MR) is 118 cm³/mol. The van der Waals surface area contributed by atoms with Crippen molar-refractivity contribution in [3.63, 3.8) is 0 Å². The highest BCUT2D eigenvalue weighted by atomic mass is 32.2. The first-order valence-electron chi connectivity index (χ1n) is 9.72. The van der Waals surface area contributed by atoms with Gasteiger partial charge in [0.1, 0.15) is 5.75 Å². The van der Waals surface area contributed by atoms with Gasteiger partial charge in [-0.25, -0.2) is 4.79 Å². The first-order chi connectivity index (χ1) is 14.1. The first kappa shape index (κ1) is 19.6. The number of carboxylic acids is 1. The lowest BCUT2D eigenvalue weighted by molar-refractivity contribution is 0.0697. The summed E-state index contributed by atoms with van der Waals surface area (Å²) in [5.41, 5.74) is 3.54. The maximum atomic E-state index is 11.2. The standard InChI is InChI=1S/C23H24N2O3S/c26-18-4-1-3-15(11-18)19-5-2-9-24-22(19)8-10-29-14-17-13-25-21-7-6-16(23(27)28)12-20(17)21/h1-7,11-13,19,22,24-26H,8-10,14H2,(H,27,28). The third-order valence-corrected chi connectivity index (χ3v) is 6.41. The van der Waals surface area contributed by atoms with E-state index in [1.807, 2.05) is 36.2 Å². The molecule has 3 aromatic rings. The lowest BCUT2D eigenvalue weighted by Gasteiger charge is -2.29. The third kappa shape index (κ3) is 4.49. The molecule has 1 aliphatic rings. The molecule has 0 aliphatic carbocycles. The van der Waals surface area contributed by atoms with E-state index in [1.165, 1.54) is 0 Å². The van der Waals surface area contributed by atoms with Gasteiger partial charge in [0.05, 0.1) is 5.56 Å². The molecule has 5 nitrogen and oxygen atoms in total. The Bertz CT molecular complexity index is 1040. The van der Waals surface area contributed by atoms with Gasteiger partial charge in [-0.15, -0.1) is 0 Å². The second kappa shape index (κ2) is 8.76. The Labute approximate surface area is 173 Å². The van der Waals surface area contributed by atoms with Crippen LogP contribution in [0.3, 0.4) is 0 Å². The van der Waals surface area contributed by atoms with E-state index in [2.05, 4.69) is 28.5 Å².